The standard InChI is InChI=1S/C20H31N5OS.HI/c1-4-7-13-26-19-16(9-8-11-22-19)14-25-20(21-6-3)23-12-10-18-24-15-17(5-2)27-18;/h8-9,11,15H,4-7,10,12-14H2,1-3H3,(H2,21,23,25);1H. The van der Waals surface area contributed by atoms with Gasteiger partial charge < -0.3 is 15.4 Å². The molecular weight excluding hydrogens is 485 g/mol. The highest BCUT2D eigenvalue weighted by Crippen LogP contribution is 2.16. The van der Waals surface area contributed by atoms with Gasteiger partial charge in [-0.25, -0.2) is 15.0 Å². The summed E-state index contributed by atoms with van der Waals surface area (Å²) in [5.74, 6) is 1.48. The Kier molecular flexibility index (Phi) is 12.8. The summed E-state index contributed by atoms with van der Waals surface area (Å²) in [7, 11) is 0. The molecule has 0 amide bonds. The van der Waals surface area contributed by atoms with Crippen LogP contribution in [0.4, 0.5) is 0 Å². The Bertz CT molecular complexity index is 707. The third kappa shape index (κ3) is 8.72. The van der Waals surface area contributed by atoms with E-state index in [0.717, 1.165) is 55.3 Å². The van der Waals surface area contributed by atoms with E-state index in [1.807, 2.05) is 18.3 Å². The fourth-order valence-electron chi connectivity index (χ4n) is 2.41. The molecule has 156 valence electrons. The lowest BCUT2D eigenvalue weighted by atomic mass is 10.2. The topological polar surface area (TPSA) is 71.4 Å². The second-order valence-corrected chi connectivity index (χ2v) is 7.32. The first kappa shape index (κ1) is 24.6. The van der Waals surface area contributed by atoms with Gasteiger partial charge in [-0.2, -0.15) is 0 Å². The summed E-state index contributed by atoms with van der Waals surface area (Å²) in [5, 5.41) is 7.83. The molecule has 0 fully saturated rings. The molecule has 6 nitrogen and oxygen atoms in total. The Hall–Kier alpha value is -1.42. The van der Waals surface area contributed by atoms with Gasteiger partial charge in [-0.1, -0.05) is 26.3 Å². The van der Waals surface area contributed by atoms with E-state index in [-0.39, 0.29) is 24.0 Å². The van der Waals surface area contributed by atoms with E-state index in [0.29, 0.717) is 19.0 Å². The summed E-state index contributed by atoms with van der Waals surface area (Å²) in [4.78, 5) is 14.8. The van der Waals surface area contributed by atoms with Crippen molar-refractivity contribution in [1.29, 1.82) is 0 Å². The molecule has 8 heteroatoms. The number of halogens is 1. The Balaban J connectivity index is 0.00000392. The number of unbranched alkanes of at least 4 members (excludes halogenated alkanes) is 1. The van der Waals surface area contributed by atoms with Gasteiger partial charge in [0.2, 0.25) is 5.88 Å². The van der Waals surface area contributed by atoms with Crippen molar-refractivity contribution < 1.29 is 4.74 Å². The second kappa shape index (κ2) is 14.6. The maximum Gasteiger partial charge on any atom is 0.218 e. The molecule has 2 aromatic rings. The summed E-state index contributed by atoms with van der Waals surface area (Å²) in [6.45, 7) is 9.21. The lowest BCUT2D eigenvalue weighted by Gasteiger charge is -2.12. The number of nitrogens with one attached hydrogen (secondary N) is 2. The number of rotatable bonds is 11. The van der Waals surface area contributed by atoms with Crippen LogP contribution in [-0.4, -0.2) is 35.6 Å². The number of aliphatic imine (C=N–C) groups is 1. The Morgan fingerprint density at radius 3 is 2.79 bits per heavy atom. The zero-order valence-electron chi connectivity index (χ0n) is 17.0. The first-order chi connectivity index (χ1) is 13.3. The maximum atomic E-state index is 5.79. The molecule has 0 aliphatic rings. The fraction of sp³-hybridized carbons (Fsp3) is 0.550. The van der Waals surface area contributed by atoms with E-state index in [4.69, 9.17) is 4.74 Å². The molecule has 2 heterocycles. The average molecular weight is 517 g/mol. The number of ether oxygens (including phenoxy) is 1. The number of pyridine rings is 1. The molecule has 0 radical (unpaired) electrons. The minimum absolute atomic E-state index is 0. The number of thiazole rings is 1. The quantitative estimate of drug-likeness (QED) is 0.203. The molecule has 0 aromatic carbocycles. The summed E-state index contributed by atoms with van der Waals surface area (Å²) in [6.07, 6.45) is 7.81. The van der Waals surface area contributed by atoms with Crippen LogP contribution >= 0.6 is 35.3 Å². The van der Waals surface area contributed by atoms with Gasteiger partial charge in [0.15, 0.2) is 5.96 Å². The van der Waals surface area contributed by atoms with Crippen LogP contribution < -0.4 is 15.4 Å². The minimum atomic E-state index is 0. The molecule has 0 saturated heterocycles. The summed E-state index contributed by atoms with van der Waals surface area (Å²) < 4.78 is 5.79. The first-order valence-corrected chi connectivity index (χ1v) is 10.6. The van der Waals surface area contributed by atoms with Crippen LogP contribution in [0.5, 0.6) is 5.88 Å². The molecular formula is C20H32IN5OS. The molecule has 2 rings (SSSR count). The highest BCUT2D eigenvalue weighted by molar-refractivity contribution is 14.0. The van der Waals surface area contributed by atoms with E-state index < -0.39 is 0 Å². The largest absolute Gasteiger partial charge is 0.477 e. The Labute approximate surface area is 189 Å². The van der Waals surface area contributed by atoms with Crippen molar-refractivity contribution in [3.63, 3.8) is 0 Å². The van der Waals surface area contributed by atoms with Crippen LogP contribution in [0.1, 0.15) is 49.1 Å². The highest BCUT2D eigenvalue weighted by atomic mass is 127. The van der Waals surface area contributed by atoms with Gasteiger partial charge in [0.05, 0.1) is 18.2 Å². The van der Waals surface area contributed by atoms with Gasteiger partial charge in [0.25, 0.3) is 0 Å². The highest BCUT2D eigenvalue weighted by Gasteiger charge is 2.06. The zero-order valence-corrected chi connectivity index (χ0v) is 20.2. The van der Waals surface area contributed by atoms with Crippen molar-refractivity contribution >= 4 is 41.3 Å². The summed E-state index contributed by atoms with van der Waals surface area (Å²) in [6, 6.07) is 3.94. The zero-order chi connectivity index (χ0) is 19.3. The van der Waals surface area contributed by atoms with Crippen molar-refractivity contribution in [3.05, 3.63) is 40.0 Å². The van der Waals surface area contributed by atoms with Gasteiger partial charge in [0.1, 0.15) is 0 Å². The Morgan fingerprint density at radius 2 is 2.07 bits per heavy atom. The number of hydrogen-bond donors (Lipinski definition) is 2. The molecule has 0 bridgehead atoms. The van der Waals surface area contributed by atoms with Crippen LogP contribution in [0, 0.1) is 0 Å². The van der Waals surface area contributed by atoms with Crippen LogP contribution in [0.2, 0.25) is 0 Å². The van der Waals surface area contributed by atoms with E-state index in [1.54, 1.807) is 17.5 Å². The number of aromatic nitrogens is 2. The number of aryl methyl sites for hydroxylation is 1. The minimum Gasteiger partial charge on any atom is -0.477 e. The Morgan fingerprint density at radius 1 is 1.21 bits per heavy atom. The summed E-state index contributed by atoms with van der Waals surface area (Å²) >= 11 is 1.78. The van der Waals surface area contributed by atoms with Crippen LogP contribution in [-0.2, 0) is 19.4 Å². The lowest BCUT2D eigenvalue weighted by molar-refractivity contribution is 0.294. The summed E-state index contributed by atoms with van der Waals surface area (Å²) in [5.41, 5.74) is 0.998. The van der Waals surface area contributed by atoms with Gasteiger partial charge in [0, 0.05) is 42.3 Å². The van der Waals surface area contributed by atoms with E-state index >= 15 is 0 Å². The van der Waals surface area contributed by atoms with Crippen LogP contribution in [0.25, 0.3) is 0 Å². The first-order valence-electron chi connectivity index (χ1n) is 9.79. The average Bonchev–Trinajstić information content (AvgIpc) is 3.15. The number of hydrogen-bond acceptors (Lipinski definition) is 5. The predicted octanol–water partition coefficient (Wildman–Crippen LogP) is 4.20. The monoisotopic (exact) mass is 517 g/mol. The van der Waals surface area contributed by atoms with Crippen molar-refractivity contribution in [2.24, 2.45) is 4.99 Å². The van der Waals surface area contributed by atoms with Crippen molar-refractivity contribution in [2.45, 2.75) is 53.0 Å². The van der Waals surface area contributed by atoms with E-state index in [1.165, 1.54) is 4.88 Å². The van der Waals surface area contributed by atoms with Gasteiger partial charge in [-0.05, 0) is 25.8 Å². The molecule has 2 N–H and O–H groups in total. The van der Waals surface area contributed by atoms with Crippen molar-refractivity contribution in [1.82, 2.24) is 20.6 Å². The molecule has 0 saturated carbocycles. The van der Waals surface area contributed by atoms with Crippen molar-refractivity contribution in [3.8, 4) is 5.88 Å². The molecule has 0 aliphatic heterocycles. The SMILES string of the molecule is CCCCOc1ncccc1CN=C(NCC)NCCc1ncc(CC)s1.I. The van der Waals surface area contributed by atoms with Gasteiger partial charge in [-0.15, -0.1) is 35.3 Å². The lowest BCUT2D eigenvalue weighted by Crippen LogP contribution is -2.38. The molecule has 0 unspecified atom stereocenters. The number of guanidine groups is 1. The third-order valence-electron chi connectivity index (χ3n) is 3.92. The molecule has 28 heavy (non-hydrogen) atoms. The van der Waals surface area contributed by atoms with E-state index in [2.05, 4.69) is 46.4 Å². The number of nitrogens with zero attached hydrogens (tertiary/aromatic N) is 3. The second-order valence-electron chi connectivity index (χ2n) is 6.12. The molecule has 0 spiro atoms. The van der Waals surface area contributed by atoms with Crippen LogP contribution in [0.15, 0.2) is 29.5 Å². The fourth-order valence-corrected chi connectivity index (χ4v) is 3.27. The van der Waals surface area contributed by atoms with Crippen molar-refractivity contribution in [2.75, 3.05) is 19.7 Å². The molecule has 2 aromatic heterocycles. The van der Waals surface area contributed by atoms with Crippen LogP contribution in [0.3, 0.4) is 0 Å². The normalized spacial score (nSPS) is 11.0. The smallest absolute Gasteiger partial charge is 0.218 e. The maximum absolute atomic E-state index is 5.79. The predicted molar refractivity (Wildman–Crippen MR) is 128 cm³/mol. The van der Waals surface area contributed by atoms with Gasteiger partial charge >= 0.3 is 0 Å². The third-order valence-corrected chi connectivity index (χ3v) is 5.12. The van der Waals surface area contributed by atoms with Gasteiger partial charge in [-0.3, -0.25) is 0 Å². The molecule has 0 atom stereocenters. The molecule has 0 aliphatic carbocycles. The van der Waals surface area contributed by atoms with E-state index in [9.17, 15) is 0 Å².